The molecule has 2 fully saturated rings. The number of aromatic nitrogens is 4. The number of phosphoric acid groups is 1. The first-order chi connectivity index (χ1) is 17.8. The van der Waals surface area contributed by atoms with Gasteiger partial charge >= 0.3 is 6.03 Å². The van der Waals surface area contributed by atoms with Crippen LogP contribution in [0.25, 0.3) is 17.2 Å². The lowest BCUT2D eigenvalue weighted by atomic mass is 10.1. The molecule has 2 amide bonds. The summed E-state index contributed by atoms with van der Waals surface area (Å²) in [5.41, 5.74) is 1.57. The molecule has 1 aromatic carbocycles. The van der Waals surface area contributed by atoms with E-state index in [0.717, 1.165) is 5.56 Å². The van der Waals surface area contributed by atoms with Crippen LogP contribution in [0.4, 0.5) is 10.6 Å². The number of imidazole rings is 1. The predicted molar refractivity (Wildman–Crippen MR) is 124 cm³/mol. The average Bonchev–Trinajstić information content (AvgIpc) is 3.56. The Bertz CT molecular complexity index is 1330. The van der Waals surface area contributed by atoms with Crippen LogP contribution in [0.5, 0.6) is 0 Å². The van der Waals surface area contributed by atoms with Gasteiger partial charge in [-0.1, -0.05) is 36.4 Å². The highest BCUT2D eigenvalue weighted by Crippen LogP contribution is 2.42. The summed E-state index contributed by atoms with van der Waals surface area (Å²) in [6.45, 7) is 1.66. The largest absolute Gasteiger partial charge is 0.790 e. The molecule has 15 heteroatoms. The van der Waals surface area contributed by atoms with Crippen molar-refractivity contribution in [1.29, 1.82) is 0 Å². The van der Waals surface area contributed by atoms with Crippen molar-refractivity contribution in [2.45, 2.75) is 37.8 Å². The summed E-state index contributed by atoms with van der Waals surface area (Å²) in [6.07, 6.45) is 2.21. The van der Waals surface area contributed by atoms with Crippen LogP contribution in [0, 0.1) is 0 Å². The Labute approximate surface area is 210 Å². The molecular weight excluding hydrogens is 507 g/mol. The van der Waals surface area contributed by atoms with Gasteiger partial charge in [-0.3, -0.25) is 9.88 Å². The van der Waals surface area contributed by atoms with Gasteiger partial charge in [0.2, 0.25) is 0 Å². The minimum absolute atomic E-state index is 0.190. The van der Waals surface area contributed by atoms with Crippen LogP contribution in [-0.4, -0.2) is 63.3 Å². The van der Waals surface area contributed by atoms with Gasteiger partial charge in [-0.25, -0.2) is 19.7 Å². The van der Waals surface area contributed by atoms with Crippen LogP contribution in [0.1, 0.15) is 18.7 Å². The molecule has 2 aromatic heterocycles. The Hall–Kier alpha value is -3.23. The number of urea groups is 1. The first-order valence-electron chi connectivity index (χ1n) is 11.4. The smallest absolute Gasteiger partial charge is 0.320 e. The number of hydrogen-bond acceptors (Lipinski definition) is 11. The molecule has 2 aliphatic rings. The molecule has 4 heterocycles. The first-order valence-corrected chi connectivity index (χ1v) is 12.9. The summed E-state index contributed by atoms with van der Waals surface area (Å²) >= 11 is 0. The fraction of sp³-hybridized carbons (Fsp3) is 0.364. The second-order valence-corrected chi connectivity index (χ2v) is 9.33. The van der Waals surface area contributed by atoms with Gasteiger partial charge in [0.15, 0.2) is 29.5 Å². The molecule has 5 rings (SSSR count). The molecule has 0 spiro atoms. The van der Waals surface area contributed by atoms with Crippen LogP contribution >= 0.6 is 7.82 Å². The number of fused-ring (bicyclic) bond motifs is 2. The third kappa shape index (κ3) is 5.70. The van der Waals surface area contributed by atoms with Crippen molar-refractivity contribution in [2.75, 3.05) is 18.5 Å². The maximum Gasteiger partial charge on any atom is 0.320 e. The highest BCUT2D eigenvalue weighted by molar-refractivity contribution is 7.43. The van der Waals surface area contributed by atoms with E-state index < -0.39 is 51.3 Å². The van der Waals surface area contributed by atoms with Crippen molar-refractivity contribution < 1.29 is 37.9 Å². The van der Waals surface area contributed by atoms with Gasteiger partial charge in [-0.05, 0) is 18.6 Å². The maximum atomic E-state index is 12.0. The van der Waals surface area contributed by atoms with E-state index in [1.165, 1.54) is 12.7 Å². The van der Waals surface area contributed by atoms with Crippen LogP contribution in [-0.2, 0) is 23.3 Å². The molecule has 2 aliphatic heterocycles. The van der Waals surface area contributed by atoms with Crippen molar-refractivity contribution in [3.8, 4) is 0 Å². The summed E-state index contributed by atoms with van der Waals surface area (Å²) < 4.78 is 35.2. The molecule has 2 N–H and O–H groups in total. The number of phosphoric ester groups is 1. The fourth-order valence-corrected chi connectivity index (χ4v) is 4.50. The van der Waals surface area contributed by atoms with E-state index in [1.54, 1.807) is 17.6 Å². The van der Waals surface area contributed by atoms with Crippen molar-refractivity contribution in [3.63, 3.8) is 0 Å². The number of benzene rings is 1. The van der Waals surface area contributed by atoms with E-state index in [9.17, 15) is 19.1 Å². The number of nitrogens with one attached hydrogen (secondary N) is 2. The van der Waals surface area contributed by atoms with Crippen molar-refractivity contribution in [3.05, 3.63) is 54.6 Å². The van der Waals surface area contributed by atoms with Gasteiger partial charge in [0.05, 0.1) is 20.8 Å². The zero-order valence-electron chi connectivity index (χ0n) is 19.5. The number of hydrogen-bond donors (Lipinski definition) is 2. The molecule has 2 saturated heterocycles. The minimum Gasteiger partial charge on any atom is -0.790 e. The molecule has 0 saturated carbocycles. The van der Waals surface area contributed by atoms with Gasteiger partial charge in [-0.2, -0.15) is 0 Å². The molecule has 0 radical (unpaired) electrons. The lowest BCUT2D eigenvalue weighted by molar-refractivity contribution is -0.343. The number of carbonyl (C=O) groups is 1. The van der Waals surface area contributed by atoms with Gasteiger partial charge in [0.1, 0.15) is 24.6 Å². The number of carbonyl (C=O) groups excluding carboxylic acids is 1. The molecule has 14 nitrogen and oxygen atoms in total. The summed E-state index contributed by atoms with van der Waals surface area (Å²) in [7, 11) is -5.24. The van der Waals surface area contributed by atoms with Crippen molar-refractivity contribution in [1.82, 2.24) is 24.8 Å². The third-order valence-electron chi connectivity index (χ3n) is 5.71. The monoisotopic (exact) mass is 530 g/mol. The number of rotatable bonds is 8. The molecule has 3 aromatic rings. The van der Waals surface area contributed by atoms with Crippen LogP contribution < -0.4 is 20.4 Å². The topological polar surface area (TPSA) is 185 Å². The van der Waals surface area contributed by atoms with Crippen molar-refractivity contribution >= 4 is 36.9 Å². The summed E-state index contributed by atoms with van der Waals surface area (Å²) in [6, 6.07) is 9.07. The van der Waals surface area contributed by atoms with E-state index in [2.05, 4.69) is 30.1 Å². The van der Waals surface area contributed by atoms with Gasteiger partial charge in [-0.15, -0.1) is 0 Å². The number of ether oxygens (including phenoxy) is 3. The number of anilines is 1. The van der Waals surface area contributed by atoms with Gasteiger partial charge < -0.3 is 38.4 Å². The zero-order chi connectivity index (χ0) is 26.0. The van der Waals surface area contributed by atoms with Gasteiger partial charge in [0.25, 0.3) is 0 Å². The number of nitrogens with zero attached hydrogens (tertiary/aromatic N) is 4. The Balaban J connectivity index is 1.41. The highest BCUT2D eigenvalue weighted by atomic mass is 31.2. The average molecular weight is 530 g/mol. The van der Waals surface area contributed by atoms with E-state index in [4.69, 9.17) is 14.2 Å². The molecule has 196 valence electrons. The lowest BCUT2D eigenvalue weighted by Gasteiger charge is -2.30. The second-order valence-electron chi connectivity index (χ2n) is 8.18. The van der Waals surface area contributed by atoms with Crippen LogP contribution in [0.2, 0.25) is 0 Å². The van der Waals surface area contributed by atoms with E-state index in [-0.39, 0.29) is 5.82 Å². The van der Waals surface area contributed by atoms with Crippen LogP contribution in [0.15, 0.2) is 49.1 Å². The summed E-state index contributed by atoms with van der Waals surface area (Å²) in [5.74, 6) is 0.190. The van der Waals surface area contributed by atoms with Crippen molar-refractivity contribution in [2.24, 2.45) is 0 Å². The summed E-state index contributed by atoms with van der Waals surface area (Å²) in [5, 5.41) is 5.23. The molecule has 37 heavy (non-hydrogen) atoms. The van der Waals surface area contributed by atoms with E-state index in [0.29, 0.717) is 17.7 Å². The standard InChI is InChI=1S/C22H25N6O8P/c1-2-23-22(29)27-19-16-20(25-11-24-19)28(12-26-16)21-18-17(14(34-21)10-33-37(30,31)32)35-15(36-18)9-8-13-6-4-3-5-7-13/h3-9,11-12,14-15,17-18,21H,2,10H2,1H3,(H2,30,31,32)(H2,23,24,25,27,29)/p-2/b9-8+/t14-,15+,17-,18-,21-/m1/s1. The van der Waals surface area contributed by atoms with Crippen LogP contribution in [0.3, 0.4) is 0 Å². The molecule has 0 unspecified atom stereocenters. The zero-order valence-corrected chi connectivity index (χ0v) is 20.4. The SMILES string of the molecule is CCNC(=O)Nc1ncnc2c1ncn2[C@@H]1O[C@H](COP(=O)([O-])[O-])[C@H]2O[C@H](/C=C/c3ccccc3)O[C@H]21. The Morgan fingerprint density at radius 3 is 2.70 bits per heavy atom. The molecule has 0 aliphatic carbocycles. The normalized spacial score (nSPS) is 25.5. The predicted octanol–water partition coefficient (Wildman–Crippen LogP) is 0.534. The summed E-state index contributed by atoms with van der Waals surface area (Å²) in [4.78, 5) is 46.9. The first kappa shape index (κ1) is 25.4. The van der Waals surface area contributed by atoms with Gasteiger partial charge in [0, 0.05) is 6.54 Å². The minimum atomic E-state index is -5.24. The molecule has 0 bridgehead atoms. The Kier molecular flexibility index (Phi) is 7.31. The highest BCUT2D eigenvalue weighted by Gasteiger charge is 2.53. The molecular formula is C22H23N6O8P-2. The second kappa shape index (κ2) is 10.6. The van der Waals surface area contributed by atoms with E-state index >= 15 is 0 Å². The number of amides is 2. The Morgan fingerprint density at radius 2 is 1.95 bits per heavy atom. The lowest BCUT2D eigenvalue weighted by Crippen LogP contribution is -2.33. The Morgan fingerprint density at radius 1 is 1.16 bits per heavy atom. The molecule has 5 atom stereocenters. The quantitative estimate of drug-likeness (QED) is 0.387. The fourth-order valence-electron chi connectivity index (χ4n) is 4.17. The third-order valence-corrected chi connectivity index (χ3v) is 6.18. The van der Waals surface area contributed by atoms with E-state index in [1.807, 2.05) is 36.4 Å². The maximum absolute atomic E-state index is 12.0.